The van der Waals surface area contributed by atoms with Crippen LogP contribution in [-0.4, -0.2) is 0 Å². The first-order valence-corrected chi connectivity index (χ1v) is 5.22. The molecule has 1 aliphatic rings. The fourth-order valence-corrected chi connectivity index (χ4v) is 2.37. The van der Waals surface area contributed by atoms with Crippen LogP contribution in [0.3, 0.4) is 0 Å². The van der Waals surface area contributed by atoms with Gasteiger partial charge in [0, 0.05) is 4.91 Å². The lowest BCUT2D eigenvalue weighted by atomic mass is 10.1. The standard InChI is InChI=1S/C12H16S/c1-8(2)11-6-10(5)7-12(11)13-9(3)4/h7H,1,3,6H2,2,4-5H3. The maximum atomic E-state index is 3.99. The molecule has 1 aliphatic carbocycles. The summed E-state index contributed by atoms with van der Waals surface area (Å²) in [6, 6.07) is 0. The molecule has 13 heavy (non-hydrogen) atoms. The van der Waals surface area contributed by atoms with Crippen molar-refractivity contribution in [3.05, 3.63) is 45.8 Å². The van der Waals surface area contributed by atoms with Gasteiger partial charge in [-0.25, -0.2) is 0 Å². The van der Waals surface area contributed by atoms with Gasteiger partial charge in [-0.3, -0.25) is 0 Å². The molecule has 0 saturated carbocycles. The average molecular weight is 192 g/mol. The van der Waals surface area contributed by atoms with Crippen molar-refractivity contribution in [2.24, 2.45) is 0 Å². The van der Waals surface area contributed by atoms with Crippen molar-refractivity contribution in [3.8, 4) is 0 Å². The average Bonchev–Trinajstić information content (AvgIpc) is 2.29. The molecule has 0 fully saturated rings. The zero-order chi connectivity index (χ0) is 10.0. The largest absolute Gasteiger partial charge is 0.0958 e. The van der Waals surface area contributed by atoms with Crippen LogP contribution in [0.25, 0.3) is 0 Å². The molecule has 0 aromatic heterocycles. The van der Waals surface area contributed by atoms with Gasteiger partial charge in [-0.15, -0.1) is 0 Å². The fraction of sp³-hybridized carbons (Fsp3) is 0.333. The van der Waals surface area contributed by atoms with Crippen LogP contribution in [0.2, 0.25) is 0 Å². The third kappa shape index (κ3) is 2.63. The smallest absolute Gasteiger partial charge is 0.0156 e. The first kappa shape index (κ1) is 10.4. The Morgan fingerprint density at radius 3 is 2.46 bits per heavy atom. The summed E-state index contributed by atoms with van der Waals surface area (Å²) in [6.07, 6.45) is 3.30. The lowest BCUT2D eigenvalue weighted by Gasteiger charge is -2.05. The van der Waals surface area contributed by atoms with E-state index in [0.29, 0.717) is 0 Å². The molecule has 0 saturated heterocycles. The highest BCUT2D eigenvalue weighted by molar-refractivity contribution is 8.06. The van der Waals surface area contributed by atoms with E-state index in [9.17, 15) is 0 Å². The number of thioether (sulfide) groups is 1. The zero-order valence-electron chi connectivity index (χ0n) is 8.61. The molecular weight excluding hydrogens is 176 g/mol. The first-order valence-electron chi connectivity index (χ1n) is 4.40. The van der Waals surface area contributed by atoms with Crippen LogP contribution in [0, 0.1) is 0 Å². The van der Waals surface area contributed by atoms with Crippen molar-refractivity contribution >= 4 is 11.8 Å². The Labute approximate surface area is 85.1 Å². The molecule has 0 bridgehead atoms. The van der Waals surface area contributed by atoms with Gasteiger partial charge in [-0.05, 0) is 43.7 Å². The molecule has 0 unspecified atom stereocenters. The number of hydrogen-bond acceptors (Lipinski definition) is 1. The summed E-state index contributed by atoms with van der Waals surface area (Å²) in [5.41, 5.74) is 3.98. The molecule has 0 radical (unpaired) electrons. The van der Waals surface area contributed by atoms with Gasteiger partial charge in [0.15, 0.2) is 0 Å². The minimum Gasteiger partial charge on any atom is -0.0958 e. The molecule has 0 heterocycles. The summed E-state index contributed by atoms with van der Waals surface area (Å²) in [5.74, 6) is 0. The number of hydrogen-bond donors (Lipinski definition) is 0. The lowest BCUT2D eigenvalue weighted by molar-refractivity contribution is 1.15. The number of rotatable bonds is 3. The van der Waals surface area contributed by atoms with E-state index >= 15 is 0 Å². The van der Waals surface area contributed by atoms with E-state index in [0.717, 1.165) is 11.3 Å². The van der Waals surface area contributed by atoms with Crippen LogP contribution >= 0.6 is 11.8 Å². The Balaban J connectivity index is 2.90. The molecule has 70 valence electrons. The molecule has 0 atom stereocenters. The van der Waals surface area contributed by atoms with Crippen LogP contribution < -0.4 is 0 Å². The van der Waals surface area contributed by atoms with E-state index < -0.39 is 0 Å². The predicted octanol–water partition coefficient (Wildman–Crippen LogP) is 4.43. The highest BCUT2D eigenvalue weighted by Crippen LogP contribution is 2.38. The second kappa shape index (κ2) is 4.01. The summed E-state index contributed by atoms with van der Waals surface area (Å²) in [7, 11) is 0. The monoisotopic (exact) mass is 192 g/mol. The van der Waals surface area contributed by atoms with Gasteiger partial charge < -0.3 is 0 Å². The third-order valence-electron chi connectivity index (χ3n) is 1.93. The fourth-order valence-electron chi connectivity index (χ4n) is 1.37. The van der Waals surface area contributed by atoms with Crippen LogP contribution in [-0.2, 0) is 0 Å². The van der Waals surface area contributed by atoms with Crippen molar-refractivity contribution in [2.45, 2.75) is 27.2 Å². The molecule has 0 amide bonds. The molecule has 0 aliphatic heterocycles. The first-order chi connectivity index (χ1) is 6.00. The minimum atomic E-state index is 1.06. The molecule has 0 nitrogen and oxygen atoms in total. The van der Waals surface area contributed by atoms with Crippen LogP contribution in [0.4, 0.5) is 0 Å². The Morgan fingerprint density at radius 1 is 1.38 bits per heavy atom. The van der Waals surface area contributed by atoms with Gasteiger partial charge in [0.05, 0.1) is 0 Å². The van der Waals surface area contributed by atoms with Gasteiger partial charge >= 0.3 is 0 Å². The maximum Gasteiger partial charge on any atom is 0.0156 e. The van der Waals surface area contributed by atoms with Crippen LogP contribution in [0.15, 0.2) is 45.8 Å². The third-order valence-corrected chi connectivity index (χ3v) is 2.86. The molecular formula is C12H16S. The minimum absolute atomic E-state index is 1.06. The Hall–Kier alpha value is -0.690. The van der Waals surface area contributed by atoms with Gasteiger partial charge in [-0.1, -0.05) is 36.1 Å². The van der Waals surface area contributed by atoms with Gasteiger partial charge in [-0.2, -0.15) is 0 Å². The van der Waals surface area contributed by atoms with Crippen molar-refractivity contribution in [1.82, 2.24) is 0 Å². The second-order valence-corrected chi connectivity index (χ2v) is 4.94. The zero-order valence-corrected chi connectivity index (χ0v) is 9.42. The second-order valence-electron chi connectivity index (χ2n) is 3.59. The van der Waals surface area contributed by atoms with Gasteiger partial charge in [0.25, 0.3) is 0 Å². The van der Waals surface area contributed by atoms with Gasteiger partial charge in [0.1, 0.15) is 0 Å². The predicted molar refractivity (Wildman–Crippen MR) is 62.6 cm³/mol. The van der Waals surface area contributed by atoms with Crippen molar-refractivity contribution in [2.75, 3.05) is 0 Å². The highest BCUT2D eigenvalue weighted by atomic mass is 32.2. The van der Waals surface area contributed by atoms with Crippen LogP contribution in [0.5, 0.6) is 0 Å². The quantitative estimate of drug-likeness (QED) is 0.637. The SMILES string of the molecule is C=C(C)SC1=C(C(=C)C)CC(C)=C1. The van der Waals surface area contributed by atoms with Gasteiger partial charge in [0.2, 0.25) is 0 Å². The van der Waals surface area contributed by atoms with E-state index in [2.05, 4.69) is 33.1 Å². The highest BCUT2D eigenvalue weighted by Gasteiger charge is 2.14. The molecule has 1 rings (SSSR count). The van der Waals surface area contributed by atoms with Crippen molar-refractivity contribution in [1.29, 1.82) is 0 Å². The topological polar surface area (TPSA) is 0 Å². The Morgan fingerprint density at radius 2 is 2.00 bits per heavy atom. The lowest BCUT2D eigenvalue weighted by Crippen LogP contribution is -1.83. The molecule has 1 heteroatoms. The van der Waals surface area contributed by atoms with E-state index in [4.69, 9.17) is 0 Å². The van der Waals surface area contributed by atoms with E-state index in [1.807, 2.05) is 6.92 Å². The summed E-state index contributed by atoms with van der Waals surface area (Å²) in [4.78, 5) is 2.47. The van der Waals surface area contributed by atoms with Crippen LogP contribution in [0.1, 0.15) is 27.2 Å². The molecule has 0 aromatic carbocycles. The Bertz CT molecular complexity index is 316. The summed E-state index contributed by atoms with van der Waals surface area (Å²) >= 11 is 1.75. The van der Waals surface area contributed by atoms with Crippen molar-refractivity contribution < 1.29 is 0 Å². The summed E-state index contributed by atoms with van der Waals surface area (Å²) in [6.45, 7) is 14.2. The van der Waals surface area contributed by atoms with E-state index in [1.54, 1.807) is 11.8 Å². The summed E-state index contributed by atoms with van der Waals surface area (Å²) in [5, 5.41) is 0. The Kier molecular flexibility index (Phi) is 3.21. The molecule has 0 spiro atoms. The molecule has 0 aromatic rings. The summed E-state index contributed by atoms with van der Waals surface area (Å²) < 4.78 is 0. The van der Waals surface area contributed by atoms with E-state index in [1.165, 1.54) is 21.6 Å². The normalized spacial score (nSPS) is 16.1. The van der Waals surface area contributed by atoms with E-state index in [-0.39, 0.29) is 0 Å². The maximum absolute atomic E-state index is 3.99. The molecule has 0 N–H and O–H groups in total. The van der Waals surface area contributed by atoms with Crippen molar-refractivity contribution in [3.63, 3.8) is 0 Å². The number of allylic oxidation sites excluding steroid dienone is 5.